The number of anilines is 2. The van der Waals surface area contributed by atoms with E-state index in [4.69, 9.17) is 4.74 Å². The summed E-state index contributed by atoms with van der Waals surface area (Å²) in [5, 5.41) is 3.13. The van der Waals surface area contributed by atoms with Crippen LogP contribution in [0, 0.1) is 0 Å². The summed E-state index contributed by atoms with van der Waals surface area (Å²) < 4.78 is 32.6. The zero-order chi connectivity index (χ0) is 24.7. The topological polar surface area (TPSA) is 110 Å². The molecule has 4 aromatic rings. The van der Waals surface area contributed by atoms with E-state index in [2.05, 4.69) is 20.0 Å². The van der Waals surface area contributed by atoms with Crippen LogP contribution >= 0.6 is 0 Å². The molecule has 0 aliphatic carbocycles. The molecule has 1 aromatic heterocycles. The minimum absolute atomic E-state index is 0.186. The Kier molecular flexibility index (Phi) is 7.37. The molecule has 0 spiro atoms. The molecule has 178 valence electrons. The zero-order valence-corrected chi connectivity index (χ0v) is 19.8. The third-order valence-electron chi connectivity index (χ3n) is 5.24. The highest BCUT2D eigenvalue weighted by Crippen LogP contribution is 2.23. The average Bonchev–Trinajstić information content (AvgIpc) is 2.89. The summed E-state index contributed by atoms with van der Waals surface area (Å²) in [4.78, 5) is 21.1. The van der Waals surface area contributed by atoms with E-state index in [9.17, 15) is 13.2 Å². The summed E-state index contributed by atoms with van der Waals surface area (Å²) in [6, 6.07) is 25.7. The van der Waals surface area contributed by atoms with Crippen molar-refractivity contribution in [1.29, 1.82) is 0 Å². The Bertz CT molecular complexity index is 1380. The van der Waals surface area contributed by atoms with Crippen LogP contribution in [-0.2, 0) is 26.0 Å². The van der Waals surface area contributed by atoms with Crippen LogP contribution in [0.4, 0.5) is 11.5 Å². The van der Waals surface area contributed by atoms with E-state index in [-0.39, 0.29) is 4.90 Å². The van der Waals surface area contributed by atoms with Gasteiger partial charge in [-0.15, -0.1) is 0 Å². The fourth-order valence-electron chi connectivity index (χ4n) is 3.48. The monoisotopic (exact) mass is 488 g/mol. The molecule has 9 heteroatoms. The first-order valence-corrected chi connectivity index (χ1v) is 12.3. The molecule has 0 fully saturated rings. The average molecular weight is 489 g/mol. The predicted octanol–water partition coefficient (Wildman–Crippen LogP) is 4.14. The third kappa shape index (κ3) is 6.21. The SMILES string of the molecule is COC(=O)C(Cc1ccccc1)Nc1cc(-c2ccc(NS(=O)(=O)c3ccccc3)cc2)ncn1. The Morgan fingerprint density at radius 2 is 1.57 bits per heavy atom. The number of nitrogens with one attached hydrogen (secondary N) is 2. The van der Waals surface area contributed by atoms with Crippen molar-refractivity contribution in [2.45, 2.75) is 17.4 Å². The van der Waals surface area contributed by atoms with Gasteiger partial charge in [-0.1, -0.05) is 60.7 Å². The van der Waals surface area contributed by atoms with Crippen molar-refractivity contribution in [3.05, 3.63) is 103 Å². The quantitative estimate of drug-likeness (QED) is 0.341. The summed E-state index contributed by atoms with van der Waals surface area (Å²) in [5.41, 5.74) is 2.79. The number of nitrogens with zero attached hydrogens (tertiary/aromatic N) is 2. The van der Waals surface area contributed by atoms with E-state index in [1.165, 1.54) is 25.6 Å². The Morgan fingerprint density at radius 1 is 0.914 bits per heavy atom. The molecule has 0 saturated heterocycles. The fourth-order valence-corrected chi connectivity index (χ4v) is 4.56. The zero-order valence-electron chi connectivity index (χ0n) is 19.0. The van der Waals surface area contributed by atoms with Gasteiger partial charge in [0.1, 0.15) is 18.2 Å². The summed E-state index contributed by atoms with van der Waals surface area (Å²) in [6.07, 6.45) is 1.84. The van der Waals surface area contributed by atoms with Crippen molar-refractivity contribution in [2.75, 3.05) is 17.1 Å². The van der Waals surface area contributed by atoms with Gasteiger partial charge in [0.15, 0.2) is 0 Å². The van der Waals surface area contributed by atoms with Crippen molar-refractivity contribution in [2.24, 2.45) is 0 Å². The molecule has 0 amide bonds. The van der Waals surface area contributed by atoms with Crippen molar-refractivity contribution < 1.29 is 17.9 Å². The maximum Gasteiger partial charge on any atom is 0.328 e. The second kappa shape index (κ2) is 10.8. The fraction of sp³-hybridized carbons (Fsp3) is 0.115. The molecular formula is C26H24N4O4S. The first-order valence-electron chi connectivity index (χ1n) is 10.8. The van der Waals surface area contributed by atoms with Crippen molar-refractivity contribution in [3.63, 3.8) is 0 Å². The largest absolute Gasteiger partial charge is 0.467 e. The highest BCUT2D eigenvalue weighted by atomic mass is 32.2. The number of ether oxygens (including phenoxy) is 1. The normalized spacial score (nSPS) is 11.9. The Morgan fingerprint density at radius 3 is 2.23 bits per heavy atom. The van der Waals surface area contributed by atoms with Crippen LogP contribution < -0.4 is 10.0 Å². The number of benzene rings is 3. The Labute approximate surface area is 204 Å². The highest BCUT2D eigenvalue weighted by molar-refractivity contribution is 7.92. The number of carbonyl (C=O) groups is 1. The van der Waals surface area contributed by atoms with Crippen molar-refractivity contribution in [1.82, 2.24) is 9.97 Å². The maximum atomic E-state index is 12.5. The molecule has 1 unspecified atom stereocenters. The lowest BCUT2D eigenvalue weighted by Gasteiger charge is -2.17. The molecule has 1 heterocycles. The van der Waals surface area contributed by atoms with E-state index >= 15 is 0 Å². The van der Waals surface area contributed by atoms with E-state index in [1.807, 2.05) is 30.3 Å². The van der Waals surface area contributed by atoms with Crippen LogP contribution in [-0.4, -0.2) is 37.5 Å². The number of hydrogen-bond donors (Lipinski definition) is 2. The minimum Gasteiger partial charge on any atom is -0.467 e. The number of methoxy groups -OCH3 is 1. The number of aromatic nitrogens is 2. The molecule has 0 bridgehead atoms. The second-order valence-electron chi connectivity index (χ2n) is 7.69. The lowest BCUT2D eigenvalue weighted by molar-refractivity contribution is -0.141. The summed E-state index contributed by atoms with van der Waals surface area (Å²) in [6.45, 7) is 0. The molecule has 2 N–H and O–H groups in total. The van der Waals surface area contributed by atoms with Gasteiger partial charge in [0.05, 0.1) is 17.7 Å². The van der Waals surface area contributed by atoms with E-state index in [0.717, 1.165) is 11.1 Å². The smallest absolute Gasteiger partial charge is 0.328 e. The molecule has 0 aliphatic rings. The lowest BCUT2D eigenvalue weighted by atomic mass is 10.1. The molecule has 0 radical (unpaired) electrons. The van der Waals surface area contributed by atoms with Gasteiger partial charge in [0.2, 0.25) is 0 Å². The van der Waals surface area contributed by atoms with Crippen LogP contribution in [0.15, 0.2) is 102 Å². The number of hydrogen-bond acceptors (Lipinski definition) is 7. The molecule has 0 aliphatic heterocycles. The van der Waals surface area contributed by atoms with Crippen molar-refractivity contribution in [3.8, 4) is 11.3 Å². The van der Waals surface area contributed by atoms with Crippen LogP contribution in [0.25, 0.3) is 11.3 Å². The molecule has 4 rings (SSSR count). The first-order chi connectivity index (χ1) is 16.9. The van der Waals surface area contributed by atoms with Crippen LogP contribution in [0.3, 0.4) is 0 Å². The van der Waals surface area contributed by atoms with E-state index in [1.54, 1.807) is 48.5 Å². The number of carbonyl (C=O) groups excluding carboxylic acids is 1. The summed E-state index contributed by atoms with van der Waals surface area (Å²) in [7, 11) is -2.33. The van der Waals surface area contributed by atoms with Gasteiger partial charge in [-0.2, -0.15) is 0 Å². The Hall–Kier alpha value is -4.24. The second-order valence-corrected chi connectivity index (χ2v) is 9.38. The summed E-state index contributed by atoms with van der Waals surface area (Å²) >= 11 is 0. The van der Waals surface area contributed by atoms with Gasteiger partial charge in [-0.25, -0.2) is 23.2 Å². The summed E-state index contributed by atoms with van der Waals surface area (Å²) in [5.74, 6) is 0.0688. The Balaban J connectivity index is 1.49. The van der Waals surface area contributed by atoms with E-state index < -0.39 is 22.0 Å². The van der Waals surface area contributed by atoms with Crippen LogP contribution in [0.1, 0.15) is 5.56 Å². The third-order valence-corrected chi connectivity index (χ3v) is 6.64. The molecular weight excluding hydrogens is 464 g/mol. The van der Waals surface area contributed by atoms with Gasteiger partial charge in [0.25, 0.3) is 10.0 Å². The van der Waals surface area contributed by atoms with Gasteiger partial charge in [-0.05, 0) is 29.8 Å². The van der Waals surface area contributed by atoms with Gasteiger partial charge < -0.3 is 10.1 Å². The highest BCUT2D eigenvalue weighted by Gasteiger charge is 2.20. The van der Waals surface area contributed by atoms with E-state index in [0.29, 0.717) is 23.6 Å². The molecule has 8 nitrogen and oxygen atoms in total. The van der Waals surface area contributed by atoms with Crippen molar-refractivity contribution >= 4 is 27.5 Å². The molecule has 0 saturated carbocycles. The predicted molar refractivity (Wildman–Crippen MR) is 134 cm³/mol. The van der Waals surface area contributed by atoms with Crippen LogP contribution in [0.5, 0.6) is 0 Å². The number of rotatable bonds is 9. The standard InChI is InChI=1S/C26H24N4O4S/c1-34-26(31)24(16-19-8-4-2-5-9-19)29-25-17-23(27-18-28-25)20-12-14-21(15-13-20)30-35(32,33)22-10-6-3-7-11-22/h2-15,17-18,24,30H,16H2,1H3,(H,27,28,29). The van der Waals surface area contributed by atoms with Crippen LogP contribution in [0.2, 0.25) is 0 Å². The first kappa shape index (κ1) is 23.9. The maximum absolute atomic E-state index is 12.5. The molecule has 3 aromatic carbocycles. The number of esters is 1. The van der Waals surface area contributed by atoms with Gasteiger partial charge in [0, 0.05) is 23.7 Å². The van der Waals surface area contributed by atoms with Gasteiger partial charge >= 0.3 is 5.97 Å². The number of sulfonamides is 1. The molecule has 35 heavy (non-hydrogen) atoms. The lowest BCUT2D eigenvalue weighted by Crippen LogP contribution is -2.33. The minimum atomic E-state index is -3.68. The van der Waals surface area contributed by atoms with Gasteiger partial charge in [-0.3, -0.25) is 4.72 Å². The molecule has 1 atom stereocenters.